The van der Waals surface area contributed by atoms with Gasteiger partial charge in [-0.2, -0.15) is 0 Å². The molecule has 2 aromatic rings. The van der Waals surface area contributed by atoms with Crippen molar-refractivity contribution >= 4 is 49.1 Å². The minimum Gasteiger partial charge on any atom is -0.325 e. The summed E-state index contributed by atoms with van der Waals surface area (Å²) in [6, 6.07) is 9.51. The standard InChI is InChI=1S/C15H15N3O5S3/c16-25(20,21)11-3-1-10(2-4-11)18-26(22,23)12-5-6-14-13(9-12)17-15(19)7-8-24-14/h1-6,9,18H,7-8H2,(H,17,19)(H2,16,20,21). The molecule has 11 heteroatoms. The second kappa shape index (κ2) is 6.91. The zero-order valence-electron chi connectivity index (χ0n) is 13.3. The first-order valence-electron chi connectivity index (χ1n) is 7.37. The predicted octanol–water partition coefficient (Wildman–Crippen LogP) is 1.57. The van der Waals surface area contributed by atoms with Crippen molar-refractivity contribution in [2.45, 2.75) is 21.1 Å². The Bertz CT molecular complexity index is 1060. The molecule has 8 nitrogen and oxygen atoms in total. The molecule has 0 atom stereocenters. The predicted molar refractivity (Wildman–Crippen MR) is 99.0 cm³/mol. The fourth-order valence-electron chi connectivity index (χ4n) is 2.29. The number of nitrogens with two attached hydrogens (primary N) is 1. The van der Waals surface area contributed by atoms with E-state index in [1.807, 2.05) is 0 Å². The van der Waals surface area contributed by atoms with Gasteiger partial charge in [0.1, 0.15) is 0 Å². The number of primary sulfonamides is 1. The van der Waals surface area contributed by atoms with Crippen molar-refractivity contribution in [3.05, 3.63) is 42.5 Å². The van der Waals surface area contributed by atoms with Crippen molar-refractivity contribution in [2.75, 3.05) is 15.8 Å². The molecule has 0 saturated carbocycles. The largest absolute Gasteiger partial charge is 0.325 e. The molecule has 0 spiro atoms. The summed E-state index contributed by atoms with van der Waals surface area (Å²) in [4.78, 5) is 12.3. The van der Waals surface area contributed by atoms with Crippen LogP contribution >= 0.6 is 11.8 Å². The van der Waals surface area contributed by atoms with Crippen molar-refractivity contribution in [3.8, 4) is 0 Å². The van der Waals surface area contributed by atoms with Gasteiger partial charge < -0.3 is 5.32 Å². The number of anilines is 2. The number of amides is 1. The highest BCUT2D eigenvalue weighted by Crippen LogP contribution is 2.33. The first-order valence-corrected chi connectivity index (χ1v) is 11.4. The summed E-state index contributed by atoms with van der Waals surface area (Å²) in [5, 5.41) is 7.70. The van der Waals surface area contributed by atoms with E-state index in [0.29, 0.717) is 17.9 Å². The maximum absolute atomic E-state index is 12.6. The Hall–Kier alpha value is -2.08. The van der Waals surface area contributed by atoms with E-state index in [4.69, 9.17) is 5.14 Å². The lowest BCUT2D eigenvalue weighted by molar-refractivity contribution is -0.115. The van der Waals surface area contributed by atoms with Gasteiger partial charge in [-0.05, 0) is 42.5 Å². The summed E-state index contributed by atoms with van der Waals surface area (Å²) < 4.78 is 50.0. The van der Waals surface area contributed by atoms with E-state index in [-0.39, 0.29) is 21.4 Å². The highest BCUT2D eigenvalue weighted by Gasteiger charge is 2.19. The van der Waals surface area contributed by atoms with E-state index in [1.54, 1.807) is 6.07 Å². The van der Waals surface area contributed by atoms with Gasteiger partial charge in [0.25, 0.3) is 10.0 Å². The van der Waals surface area contributed by atoms with Gasteiger partial charge in [0.2, 0.25) is 15.9 Å². The first kappa shape index (κ1) is 18.7. The number of nitrogens with one attached hydrogen (secondary N) is 2. The summed E-state index contributed by atoms with van der Waals surface area (Å²) in [5.41, 5.74) is 0.635. The molecule has 138 valence electrons. The van der Waals surface area contributed by atoms with E-state index in [0.717, 1.165) is 4.90 Å². The van der Waals surface area contributed by atoms with Gasteiger partial charge in [0.15, 0.2) is 0 Å². The highest BCUT2D eigenvalue weighted by atomic mass is 32.2. The zero-order valence-corrected chi connectivity index (χ0v) is 15.7. The average molecular weight is 414 g/mol. The molecule has 0 aromatic heterocycles. The lowest BCUT2D eigenvalue weighted by Crippen LogP contribution is -2.15. The van der Waals surface area contributed by atoms with Gasteiger partial charge in [0, 0.05) is 22.8 Å². The SMILES string of the molecule is NS(=O)(=O)c1ccc(NS(=O)(=O)c2ccc3c(c2)NC(=O)CCS3)cc1. The van der Waals surface area contributed by atoms with Gasteiger partial charge in [-0.3, -0.25) is 9.52 Å². The molecule has 3 rings (SSSR count). The fraction of sp³-hybridized carbons (Fsp3) is 0.133. The average Bonchev–Trinajstić information content (AvgIpc) is 2.74. The quantitative estimate of drug-likeness (QED) is 0.696. The minimum atomic E-state index is -3.92. The molecular weight excluding hydrogens is 398 g/mol. The Kier molecular flexibility index (Phi) is 4.97. The molecule has 4 N–H and O–H groups in total. The van der Waals surface area contributed by atoms with Crippen LogP contribution in [0, 0.1) is 0 Å². The summed E-state index contributed by atoms with van der Waals surface area (Å²) in [5.74, 6) is 0.455. The van der Waals surface area contributed by atoms with Gasteiger partial charge in [-0.15, -0.1) is 11.8 Å². The molecule has 0 unspecified atom stereocenters. The molecular formula is C15H15N3O5S3. The van der Waals surface area contributed by atoms with Crippen LogP contribution in [0.4, 0.5) is 11.4 Å². The zero-order chi connectivity index (χ0) is 18.9. The Balaban J connectivity index is 1.88. The van der Waals surface area contributed by atoms with Crippen molar-refractivity contribution in [2.24, 2.45) is 5.14 Å². The Morgan fingerprint density at radius 2 is 1.65 bits per heavy atom. The van der Waals surface area contributed by atoms with Gasteiger partial charge >= 0.3 is 0 Å². The second-order valence-corrected chi connectivity index (χ2v) is 9.86. The summed E-state index contributed by atoms with van der Waals surface area (Å²) >= 11 is 1.47. The smallest absolute Gasteiger partial charge is 0.261 e. The van der Waals surface area contributed by atoms with Gasteiger partial charge in [-0.25, -0.2) is 22.0 Å². The third-order valence-electron chi connectivity index (χ3n) is 3.56. The highest BCUT2D eigenvalue weighted by molar-refractivity contribution is 7.99. The van der Waals surface area contributed by atoms with Crippen LogP contribution in [-0.2, 0) is 24.8 Å². The van der Waals surface area contributed by atoms with Crippen molar-refractivity contribution in [1.82, 2.24) is 0 Å². The van der Waals surface area contributed by atoms with Crippen molar-refractivity contribution in [1.29, 1.82) is 0 Å². The topological polar surface area (TPSA) is 135 Å². The van der Waals surface area contributed by atoms with Crippen LogP contribution in [-0.4, -0.2) is 28.5 Å². The van der Waals surface area contributed by atoms with Crippen molar-refractivity contribution < 1.29 is 21.6 Å². The molecule has 1 heterocycles. The van der Waals surface area contributed by atoms with Crippen LogP contribution in [0.1, 0.15) is 6.42 Å². The maximum Gasteiger partial charge on any atom is 0.261 e. The Morgan fingerprint density at radius 1 is 1.00 bits per heavy atom. The number of rotatable bonds is 4. The molecule has 0 radical (unpaired) electrons. The van der Waals surface area contributed by atoms with E-state index < -0.39 is 20.0 Å². The molecule has 0 aliphatic carbocycles. The van der Waals surface area contributed by atoms with Crippen LogP contribution in [0.2, 0.25) is 0 Å². The van der Waals surface area contributed by atoms with E-state index in [1.165, 1.54) is 48.2 Å². The summed E-state index contributed by atoms with van der Waals surface area (Å²) in [6.07, 6.45) is 0.357. The number of fused-ring (bicyclic) bond motifs is 1. The molecule has 1 aliphatic heterocycles. The first-order chi connectivity index (χ1) is 12.1. The molecule has 1 aliphatic rings. The summed E-state index contributed by atoms with van der Waals surface area (Å²) in [6.45, 7) is 0. The number of carbonyl (C=O) groups excluding carboxylic acids is 1. The molecule has 2 aromatic carbocycles. The number of hydrogen-bond donors (Lipinski definition) is 3. The third kappa shape index (κ3) is 4.18. The van der Waals surface area contributed by atoms with E-state index in [2.05, 4.69) is 10.0 Å². The van der Waals surface area contributed by atoms with Crippen LogP contribution in [0.15, 0.2) is 57.2 Å². The molecule has 0 fully saturated rings. The second-order valence-electron chi connectivity index (χ2n) is 5.48. The monoisotopic (exact) mass is 413 g/mol. The van der Waals surface area contributed by atoms with Crippen LogP contribution in [0.25, 0.3) is 0 Å². The number of hydrogen-bond acceptors (Lipinski definition) is 6. The third-order valence-corrected chi connectivity index (χ3v) is 6.94. The van der Waals surface area contributed by atoms with Gasteiger partial charge in [-0.1, -0.05) is 0 Å². The van der Waals surface area contributed by atoms with Gasteiger partial charge in [0.05, 0.1) is 15.5 Å². The number of carbonyl (C=O) groups is 1. The van der Waals surface area contributed by atoms with Crippen molar-refractivity contribution in [3.63, 3.8) is 0 Å². The van der Waals surface area contributed by atoms with Crippen LogP contribution in [0.3, 0.4) is 0 Å². The Labute approximate surface area is 155 Å². The minimum absolute atomic E-state index is 0.0189. The normalized spacial score (nSPS) is 14.9. The maximum atomic E-state index is 12.6. The van der Waals surface area contributed by atoms with Crippen LogP contribution < -0.4 is 15.2 Å². The molecule has 0 saturated heterocycles. The van der Waals surface area contributed by atoms with E-state index in [9.17, 15) is 21.6 Å². The molecule has 0 bridgehead atoms. The lowest BCUT2D eigenvalue weighted by Gasteiger charge is -2.11. The number of thioether (sulfide) groups is 1. The Morgan fingerprint density at radius 3 is 2.31 bits per heavy atom. The molecule has 26 heavy (non-hydrogen) atoms. The lowest BCUT2D eigenvalue weighted by atomic mass is 10.3. The van der Waals surface area contributed by atoms with Crippen LogP contribution in [0.5, 0.6) is 0 Å². The number of benzene rings is 2. The number of sulfonamides is 2. The molecule has 1 amide bonds. The fourth-order valence-corrected chi connectivity index (χ4v) is 4.83. The van der Waals surface area contributed by atoms with E-state index >= 15 is 0 Å². The summed E-state index contributed by atoms with van der Waals surface area (Å²) in [7, 11) is -7.77.